The van der Waals surface area contributed by atoms with E-state index in [1.807, 2.05) is 24.3 Å². The van der Waals surface area contributed by atoms with Gasteiger partial charge >= 0.3 is 0 Å². The second-order valence-corrected chi connectivity index (χ2v) is 5.78. The van der Waals surface area contributed by atoms with E-state index in [9.17, 15) is 4.39 Å². The van der Waals surface area contributed by atoms with Crippen molar-refractivity contribution < 1.29 is 13.9 Å². The van der Waals surface area contributed by atoms with Crippen LogP contribution in [0.5, 0.6) is 11.5 Å². The van der Waals surface area contributed by atoms with E-state index < -0.39 is 0 Å². The number of hydrogen-bond acceptors (Lipinski definition) is 4. The Morgan fingerprint density at radius 3 is 2.71 bits per heavy atom. The summed E-state index contributed by atoms with van der Waals surface area (Å²) in [6.45, 7) is 1.55. The van der Waals surface area contributed by atoms with Crippen molar-refractivity contribution in [2.24, 2.45) is 5.73 Å². The van der Waals surface area contributed by atoms with Crippen molar-refractivity contribution in [2.75, 3.05) is 19.8 Å². The Kier molecular flexibility index (Phi) is 4.31. The first kappa shape index (κ1) is 14.2. The summed E-state index contributed by atoms with van der Waals surface area (Å²) in [5.41, 5.74) is 6.24. The van der Waals surface area contributed by atoms with Crippen LogP contribution in [0.3, 0.4) is 0 Å². The Bertz CT molecular complexity index is 648. The fourth-order valence-corrected chi connectivity index (χ4v) is 3.26. The van der Waals surface area contributed by atoms with E-state index in [1.165, 1.54) is 17.8 Å². The lowest BCUT2D eigenvalue weighted by atomic mass is 10.1. The highest BCUT2D eigenvalue weighted by atomic mass is 32.2. The maximum absolute atomic E-state index is 13.9. The Balaban J connectivity index is 1.88. The summed E-state index contributed by atoms with van der Waals surface area (Å²) < 4.78 is 25.0. The fourth-order valence-electron chi connectivity index (χ4n) is 2.24. The van der Waals surface area contributed by atoms with Gasteiger partial charge in [-0.05, 0) is 43.3 Å². The summed E-state index contributed by atoms with van der Waals surface area (Å²) in [6.07, 6.45) is 0.527. The smallest absolute Gasteiger partial charge is 0.162 e. The molecule has 3 rings (SSSR count). The normalized spacial score (nSPS) is 13.2. The molecule has 0 spiro atoms. The van der Waals surface area contributed by atoms with Crippen molar-refractivity contribution in [3.8, 4) is 11.5 Å². The minimum Gasteiger partial charge on any atom is -0.486 e. The molecule has 0 saturated heterocycles. The number of fused-ring (bicyclic) bond motifs is 1. The molecule has 0 aromatic heterocycles. The molecule has 0 fully saturated rings. The highest BCUT2D eigenvalue weighted by Gasteiger charge is 2.14. The second kappa shape index (κ2) is 6.37. The lowest BCUT2D eigenvalue weighted by molar-refractivity contribution is 0.171. The van der Waals surface area contributed by atoms with Crippen LogP contribution in [0.1, 0.15) is 5.56 Å². The second-order valence-electron chi connectivity index (χ2n) is 4.66. The maximum Gasteiger partial charge on any atom is 0.162 e. The molecule has 0 saturated carbocycles. The molecule has 2 aromatic carbocycles. The molecule has 2 aromatic rings. The lowest BCUT2D eigenvalue weighted by Crippen LogP contribution is -2.15. The van der Waals surface area contributed by atoms with E-state index in [4.69, 9.17) is 15.2 Å². The first-order chi connectivity index (χ1) is 10.3. The van der Waals surface area contributed by atoms with Gasteiger partial charge in [-0.2, -0.15) is 0 Å². The molecular formula is C16H16FNO2S. The van der Waals surface area contributed by atoms with E-state index in [2.05, 4.69) is 0 Å². The minimum absolute atomic E-state index is 0.206. The number of halogens is 1. The summed E-state index contributed by atoms with van der Waals surface area (Å²) in [6, 6.07) is 10.9. The third-order valence-electron chi connectivity index (χ3n) is 3.21. The SMILES string of the molecule is NCCc1c(F)cccc1Sc1ccc2c(c1)OCCO2. The molecule has 0 bridgehead atoms. The summed E-state index contributed by atoms with van der Waals surface area (Å²) in [5, 5.41) is 0. The first-order valence-electron chi connectivity index (χ1n) is 6.83. The van der Waals surface area contributed by atoms with Gasteiger partial charge in [0.25, 0.3) is 0 Å². The van der Waals surface area contributed by atoms with Gasteiger partial charge in [-0.25, -0.2) is 4.39 Å². The molecule has 2 N–H and O–H groups in total. The number of nitrogens with two attached hydrogens (primary N) is 1. The van der Waals surface area contributed by atoms with Gasteiger partial charge in [-0.15, -0.1) is 0 Å². The first-order valence-corrected chi connectivity index (χ1v) is 7.64. The van der Waals surface area contributed by atoms with Gasteiger partial charge in [-0.1, -0.05) is 17.8 Å². The largest absolute Gasteiger partial charge is 0.486 e. The van der Waals surface area contributed by atoms with Crippen LogP contribution in [0.25, 0.3) is 0 Å². The zero-order valence-corrected chi connectivity index (χ0v) is 12.3. The third-order valence-corrected chi connectivity index (χ3v) is 4.30. The van der Waals surface area contributed by atoms with Gasteiger partial charge in [0.15, 0.2) is 11.5 Å². The Morgan fingerprint density at radius 2 is 1.90 bits per heavy atom. The predicted octanol–water partition coefficient (Wildman–Crippen LogP) is 3.25. The molecule has 5 heteroatoms. The maximum atomic E-state index is 13.9. The molecule has 0 radical (unpaired) electrons. The van der Waals surface area contributed by atoms with Crippen LogP contribution in [0.2, 0.25) is 0 Å². The van der Waals surface area contributed by atoms with Crippen LogP contribution in [-0.2, 0) is 6.42 Å². The van der Waals surface area contributed by atoms with Crippen molar-refractivity contribution in [3.63, 3.8) is 0 Å². The fraction of sp³-hybridized carbons (Fsp3) is 0.250. The number of rotatable bonds is 4. The molecule has 3 nitrogen and oxygen atoms in total. The average Bonchev–Trinajstić information content (AvgIpc) is 2.51. The quantitative estimate of drug-likeness (QED) is 0.942. The van der Waals surface area contributed by atoms with Gasteiger partial charge in [0, 0.05) is 15.4 Å². The zero-order chi connectivity index (χ0) is 14.7. The van der Waals surface area contributed by atoms with Crippen LogP contribution >= 0.6 is 11.8 Å². The van der Waals surface area contributed by atoms with Crippen LogP contribution < -0.4 is 15.2 Å². The van der Waals surface area contributed by atoms with E-state index in [0.29, 0.717) is 31.7 Å². The van der Waals surface area contributed by atoms with Crippen molar-refractivity contribution in [2.45, 2.75) is 16.2 Å². The van der Waals surface area contributed by atoms with Crippen molar-refractivity contribution >= 4 is 11.8 Å². The highest BCUT2D eigenvalue weighted by molar-refractivity contribution is 7.99. The highest BCUT2D eigenvalue weighted by Crippen LogP contribution is 2.38. The predicted molar refractivity (Wildman–Crippen MR) is 80.7 cm³/mol. The number of benzene rings is 2. The van der Waals surface area contributed by atoms with Crippen molar-refractivity contribution in [1.82, 2.24) is 0 Å². The van der Waals surface area contributed by atoms with Gasteiger partial charge < -0.3 is 15.2 Å². The van der Waals surface area contributed by atoms with Crippen LogP contribution in [-0.4, -0.2) is 19.8 Å². The molecule has 0 unspecified atom stereocenters. The summed E-state index contributed by atoms with van der Waals surface area (Å²) in [4.78, 5) is 1.88. The molecule has 1 aliphatic rings. The molecule has 0 amide bonds. The van der Waals surface area contributed by atoms with Gasteiger partial charge in [0.2, 0.25) is 0 Å². The molecule has 0 aliphatic carbocycles. The molecule has 1 heterocycles. The lowest BCUT2D eigenvalue weighted by Gasteiger charge is -2.19. The Morgan fingerprint density at radius 1 is 1.10 bits per heavy atom. The van der Waals surface area contributed by atoms with Crippen molar-refractivity contribution in [1.29, 1.82) is 0 Å². The monoisotopic (exact) mass is 305 g/mol. The van der Waals surface area contributed by atoms with Crippen LogP contribution in [0.15, 0.2) is 46.2 Å². The van der Waals surface area contributed by atoms with Gasteiger partial charge in [0.05, 0.1) is 0 Å². The van der Waals surface area contributed by atoms with Crippen LogP contribution in [0.4, 0.5) is 4.39 Å². The summed E-state index contributed by atoms with van der Waals surface area (Å²) in [5.74, 6) is 1.29. The molecular weight excluding hydrogens is 289 g/mol. The summed E-state index contributed by atoms with van der Waals surface area (Å²) in [7, 11) is 0. The number of hydrogen-bond donors (Lipinski definition) is 1. The Labute approximate surface area is 127 Å². The van der Waals surface area contributed by atoms with Gasteiger partial charge in [0.1, 0.15) is 19.0 Å². The van der Waals surface area contributed by atoms with E-state index in [1.54, 1.807) is 6.07 Å². The van der Waals surface area contributed by atoms with E-state index >= 15 is 0 Å². The minimum atomic E-state index is -0.206. The third kappa shape index (κ3) is 3.14. The molecule has 0 atom stereocenters. The van der Waals surface area contributed by atoms with Crippen molar-refractivity contribution in [3.05, 3.63) is 47.8 Å². The molecule has 21 heavy (non-hydrogen) atoms. The average molecular weight is 305 g/mol. The summed E-state index contributed by atoms with van der Waals surface area (Å²) >= 11 is 1.51. The molecule has 1 aliphatic heterocycles. The van der Waals surface area contributed by atoms with Gasteiger partial charge in [-0.3, -0.25) is 0 Å². The number of ether oxygens (including phenoxy) is 2. The Hall–Kier alpha value is -1.72. The zero-order valence-electron chi connectivity index (χ0n) is 11.5. The van der Waals surface area contributed by atoms with Crippen LogP contribution in [0, 0.1) is 5.82 Å². The topological polar surface area (TPSA) is 44.5 Å². The molecule has 110 valence electrons. The van der Waals surface area contributed by atoms with E-state index in [-0.39, 0.29) is 5.82 Å². The standard InChI is InChI=1S/C16H16FNO2S/c17-13-2-1-3-16(12(13)6-7-18)21-11-4-5-14-15(10-11)20-9-8-19-14/h1-5,10H,6-9,18H2. The van der Waals surface area contributed by atoms with E-state index in [0.717, 1.165) is 21.3 Å².